The highest BCUT2D eigenvalue weighted by Crippen LogP contribution is 2.23. The molecular formula is C10H13BrN2O3. The highest BCUT2D eigenvalue weighted by atomic mass is 79.9. The number of primary amides is 1. The quantitative estimate of drug-likeness (QED) is 0.618. The van der Waals surface area contributed by atoms with E-state index < -0.39 is 12.0 Å². The van der Waals surface area contributed by atoms with Gasteiger partial charge in [-0.05, 0) is 33.6 Å². The summed E-state index contributed by atoms with van der Waals surface area (Å²) < 4.78 is 0.599. The van der Waals surface area contributed by atoms with Gasteiger partial charge in [0.15, 0.2) is 0 Å². The number of phenols is 1. The summed E-state index contributed by atoms with van der Waals surface area (Å²) in [6.45, 7) is 0.580. The molecule has 6 heteroatoms. The van der Waals surface area contributed by atoms with Crippen LogP contribution in [-0.4, -0.2) is 28.8 Å². The van der Waals surface area contributed by atoms with Crippen molar-refractivity contribution >= 4 is 21.8 Å². The third-order valence-electron chi connectivity index (χ3n) is 2.01. The molecule has 0 aromatic heterocycles. The van der Waals surface area contributed by atoms with Crippen LogP contribution in [0.1, 0.15) is 5.56 Å². The minimum Gasteiger partial charge on any atom is -0.507 e. The summed E-state index contributed by atoms with van der Waals surface area (Å²) in [4.78, 5) is 10.5. The van der Waals surface area contributed by atoms with Crippen molar-refractivity contribution in [3.05, 3.63) is 28.2 Å². The average molecular weight is 289 g/mol. The Morgan fingerprint density at radius 2 is 2.25 bits per heavy atom. The number of amides is 1. The van der Waals surface area contributed by atoms with Crippen LogP contribution in [0.3, 0.4) is 0 Å². The van der Waals surface area contributed by atoms with Crippen LogP contribution >= 0.6 is 15.9 Å². The monoisotopic (exact) mass is 288 g/mol. The molecule has 0 heterocycles. The Labute approximate surface area is 101 Å². The lowest BCUT2D eigenvalue weighted by molar-refractivity contribution is -0.125. The van der Waals surface area contributed by atoms with E-state index in [1.54, 1.807) is 18.2 Å². The lowest BCUT2D eigenvalue weighted by atomic mass is 10.2. The van der Waals surface area contributed by atoms with Gasteiger partial charge in [0.25, 0.3) is 0 Å². The zero-order valence-electron chi connectivity index (χ0n) is 8.48. The third-order valence-corrected chi connectivity index (χ3v) is 2.64. The van der Waals surface area contributed by atoms with E-state index in [9.17, 15) is 9.90 Å². The fourth-order valence-corrected chi connectivity index (χ4v) is 1.54. The van der Waals surface area contributed by atoms with Crippen molar-refractivity contribution < 1.29 is 15.0 Å². The molecule has 16 heavy (non-hydrogen) atoms. The van der Waals surface area contributed by atoms with E-state index in [1.807, 2.05) is 0 Å². The predicted octanol–water partition coefficient (Wildman–Crippen LogP) is 0.0905. The smallest absolute Gasteiger partial charge is 0.247 e. The van der Waals surface area contributed by atoms with Gasteiger partial charge in [0.2, 0.25) is 5.91 Å². The Morgan fingerprint density at radius 3 is 2.81 bits per heavy atom. The first-order valence-electron chi connectivity index (χ1n) is 4.66. The van der Waals surface area contributed by atoms with E-state index in [2.05, 4.69) is 21.2 Å². The van der Waals surface area contributed by atoms with Gasteiger partial charge in [-0.2, -0.15) is 0 Å². The Kier molecular flexibility index (Phi) is 4.72. The van der Waals surface area contributed by atoms with Crippen molar-refractivity contribution in [3.63, 3.8) is 0 Å². The van der Waals surface area contributed by atoms with Gasteiger partial charge in [-0.1, -0.05) is 6.07 Å². The molecule has 1 rings (SSSR count). The Bertz CT molecular complexity index is 384. The summed E-state index contributed by atoms with van der Waals surface area (Å²) in [6.07, 6.45) is -1.18. The van der Waals surface area contributed by atoms with Gasteiger partial charge in [0, 0.05) is 13.1 Å². The molecule has 1 aromatic rings. The SMILES string of the molecule is NC(=O)C(O)CNCc1ccc(O)c(Br)c1. The predicted molar refractivity (Wildman–Crippen MR) is 62.7 cm³/mol. The number of nitrogens with two attached hydrogens (primary N) is 1. The van der Waals surface area contributed by atoms with Crippen LogP contribution < -0.4 is 11.1 Å². The number of halogens is 1. The molecule has 1 aromatic carbocycles. The first kappa shape index (κ1) is 13.0. The molecule has 0 fully saturated rings. The lowest BCUT2D eigenvalue weighted by Crippen LogP contribution is -2.37. The zero-order valence-corrected chi connectivity index (χ0v) is 10.1. The van der Waals surface area contributed by atoms with Crippen LogP contribution in [0.5, 0.6) is 5.75 Å². The molecule has 1 atom stereocenters. The van der Waals surface area contributed by atoms with Gasteiger partial charge in [-0.15, -0.1) is 0 Å². The number of carbonyl (C=O) groups excluding carboxylic acids is 1. The molecule has 5 N–H and O–H groups in total. The van der Waals surface area contributed by atoms with E-state index >= 15 is 0 Å². The number of aliphatic hydroxyl groups excluding tert-OH is 1. The Balaban J connectivity index is 2.43. The van der Waals surface area contributed by atoms with Crippen LogP contribution in [0.2, 0.25) is 0 Å². The van der Waals surface area contributed by atoms with Crippen molar-refractivity contribution in [1.82, 2.24) is 5.32 Å². The van der Waals surface area contributed by atoms with Gasteiger partial charge < -0.3 is 21.3 Å². The topological polar surface area (TPSA) is 95.6 Å². The average Bonchev–Trinajstić information content (AvgIpc) is 2.23. The normalized spacial score (nSPS) is 12.4. The number of nitrogens with one attached hydrogen (secondary N) is 1. The lowest BCUT2D eigenvalue weighted by Gasteiger charge is -2.08. The number of carbonyl (C=O) groups is 1. The minimum absolute atomic E-state index is 0.105. The highest BCUT2D eigenvalue weighted by Gasteiger charge is 2.09. The van der Waals surface area contributed by atoms with Crippen molar-refractivity contribution in [1.29, 1.82) is 0 Å². The fraction of sp³-hybridized carbons (Fsp3) is 0.300. The molecule has 88 valence electrons. The molecule has 0 saturated heterocycles. The molecule has 1 amide bonds. The molecule has 0 aliphatic heterocycles. The first-order valence-corrected chi connectivity index (χ1v) is 5.45. The van der Waals surface area contributed by atoms with Gasteiger partial charge in [-0.25, -0.2) is 0 Å². The van der Waals surface area contributed by atoms with Gasteiger partial charge >= 0.3 is 0 Å². The number of aliphatic hydroxyl groups is 1. The molecule has 0 radical (unpaired) electrons. The third kappa shape index (κ3) is 3.80. The van der Waals surface area contributed by atoms with E-state index in [1.165, 1.54) is 0 Å². The van der Waals surface area contributed by atoms with Crippen LogP contribution in [0.25, 0.3) is 0 Å². The minimum atomic E-state index is -1.18. The maximum absolute atomic E-state index is 10.5. The summed E-state index contributed by atoms with van der Waals surface area (Å²) in [5.74, 6) is -0.583. The largest absolute Gasteiger partial charge is 0.507 e. The Hall–Kier alpha value is -1.11. The van der Waals surface area contributed by atoms with E-state index in [0.717, 1.165) is 5.56 Å². The molecule has 0 aliphatic rings. The number of benzene rings is 1. The standard InChI is InChI=1S/C10H13BrN2O3/c11-7-3-6(1-2-8(7)14)4-13-5-9(15)10(12)16/h1-3,9,13-15H,4-5H2,(H2,12,16). The number of aromatic hydroxyl groups is 1. The molecule has 0 saturated carbocycles. The van der Waals surface area contributed by atoms with Crippen molar-refractivity contribution in [2.45, 2.75) is 12.6 Å². The summed E-state index contributed by atoms with van der Waals surface area (Å²) in [7, 11) is 0. The van der Waals surface area contributed by atoms with E-state index in [0.29, 0.717) is 11.0 Å². The second kappa shape index (κ2) is 5.83. The van der Waals surface area contributed by atoms with Gasteiger partial charge in [-0.3, -0.25) is 4.79 Å². The van der Waals surface area contributed by atoms with Crippen molar-refractivity contribution in [2.24, 2.45) is 5.73 Å². The summed E-state index contributed by atoms with van der Waals surface area (Å²) in [6, 6.07) is 5.05. The maximum Gasteiger partial charge on any atom is 0.247 e. The number of phenolic OH excluding ortho intramolecular Hbond substituents is 1. The summed E-state index contributed by atoms with van der Waals surface area (Å²) in [5, 5.41) is 21.3. The van der Waals surface area contributed by atoms with Crippen LogP contribution in [0.15, 0.2) is 22.7 Å². The number of rotatable bonds is 5. The molecule has 0 aliphatic carbocycles. The summed E-state index contributed by atoms with van der Waals surface area (Å²) in [5.41, 5.74) is 5.81. The Morgan fingerprint density at radius 1 is 1.56 bits per heavy atom. The molecular weight excluding hydrogens is 276 g/mol. The van der Waals surface area contributed by atoms with E-state index in [4.69, 9.17) is 10.8 Å². The van der Waals surface area contributed by atoms with Crippen molar-refractivity contribution in [2.75, 3.05) is 6.54 Å². The number of hydrogen-bond acceptors (Lipinski definition) is 4. The van der Waals surface area contributed by atoms with Crippen molar-refractivity contribution in [3.8, 4) is 5.75 Å². The molecule has 1 unspecified atom stereocenters. The molecule has 5 nitrogen and oxygen atoms in total. The van der Waals surface area contributed by atoms with Crippen LogP contribution in [0.4, 0.5) is 0 Å². The number of hydrogen-bond donors (Lipinski definition) is 4. The zero-order chi connectivity index (χ0) is 12.1. The second-order valence-electron chi connectivity index (χ2n) is 3.33. The summed E-state index contributed by atoms with van der Waals surface area (Å²) >= 11 is 3.19. The van der Waals surface area contributed by atoms with Crippen LogP contribution in [0, 0.1) is 0 Å². The molecule has 0 bridgehead atoms. The second-order valence-corrected chi connectivity index (χ2v) is 4.19. The maximum atomic E-state index is 10.5. The first-order chi connectivity index (χ1) is 7.50. The van der Waals surface area contributed by atoms with Gasteiger partial charge in [0.05, 0.1) is 4.47 Å². The molecule has 0 spiro atoms. The van der Waals surface area contributed by atoms with E-state index in [-0.39, 0.29) is 12.3 Å². The fourth-order valence-electron chi connectivity index (χ4n) is 1.11. The van der Waals surface area contributed by atoms with Gasteiger partial charge in [0.1, 0.15) is 11.9 Å². The van der Waals surface area contributed by atoms with Crippen LogP contribution in [-0.2, 0) is 11.3 Å². The highest BCUT2D eigenvalue weighted by molar-refractivity contribution is 9.10.